The Balaban J connectivity index is 1.53. The molecule has 0 aromatic heterocycles. The number of hydrogen-bond donors (Lipinski definition) is 1. The number of alkyl halides is 3. The minimum absolute atomic E-state index is 0.140. The number of hydrogen-bond acceptors (Lipinski definition) is 4. The molecule has 1 aromatic carbocycles. The number of nitrogens with zero attached hydrogens (tertiary/aromatic N) is 3. The Morgan fingerprint density at radius 3 is 2.62 bits per heavy atom. The topological polar surface area (TPSA) is 49.3 Å². The molecule has 0 spiro atoms. The van der Waals surface area contributed by atoms with E-state index in [4.69, 9.17) is 9.47 Å². The van der Waals surface area contributed by atoms with E-state index in [2.05, 4.69) is 10.3 Å². The number of benzene rings is 1. The molecule has 162 valence electrons. The third-order valence-corrected chi connectivity index (χ3v) is 5.28. The van der Waals surface area contributed by atoms with Crippen LogP contribution in [0, 0.1) is 5.82 Å². The van der Waals surface area contributed by atoms with Crippen molar-refractivity contribution in [3.05, 3.63) is 29.1 Å². The quantitative estimate of drug-likeness (QED) is 0.462. The van der Waals surface area contributed by atoms with E-state index in [1.807, 2.05) is 4.90 Å². The van der Waals surface area contributed by atoms with E-state index < -0.39 is 12.2 Å². The summed E-state index contributed by atoms with van der Waals surface area (Å²) >= 11 is 0. The Morgan fingerprint density at radius 2 is 1.97 bits per heavy atom. The molecule has 1 unspecified atom stereocenters. The standard InChI is InChI=1S/C19H26F4N4O2/c1-13(19(21,22)23)26-5-7-27(8-6-26)18(24-2)25-4-3-14-9-16(20)10-15-11-28-12-29-17(14)15/h9-10,13H,3-8,11-12H2,1-2H3,(H,24,25). The molecule has 10 heteroatoms. The molecule has 0 aliphatic carbocycles. The zero-order valence-electron chi connectivity index (χ0n) is 16.6. The van der Waals surface area contributed by atoms with Gasteiger partial charge in [-0.15, -0.1) is 0 Å². The molecular formula is C19H26F4N4O2. The maximum absolute atomic E-state index is 13.8. The van der Waals surface area contributed by atoms with Crippen LogP contribution in [0.25, 0.3) is 0 Å². The van der Waals surface area contributed by atoms with Crippen LogP contribution in [-0.4, -0.2) is 74.5 Å². The normalized spacial score (nSPS) is 19.5. The van der Waals surface area contributed by atoms with Gasteiger partial charge in [0.1, 0.15) is 17.6 Å². The summed E-state index contributed by atoms with van der Waals surface area (Å²) < 4.78 is 63.2. The van der Waals surface area contributed by atoms with Crippen LogP contribution in [0.3, 0.4) is 0 Å². The minimum Gasteiger partial charge on any atom is -0.467 e. The van der Waals surface area contributed by atoms with Gasteiger partial charge >= 0.3 is 6.18 Å². The van der Waals surface area contributed by atoms with Crippen LogP contribution in [0.1, 0.15) is 18.1 Å². The fourth-order valence-corrected chi connectivity index (χ4v) is 3.61. The van der Waals surface area contributed by atoms with Crippen LogP contribution in [0.5, 0.6) is 5.75 Å². The molecule has 1 saturated heterocycles. The molecule has 0 bridgehead atoms. The van der Waals surface area contributed by atoms with Crippen LogP contribution >= 0.6 is 0 Å². The minimum atomic E-state index is -4.22. The van der Waals surface area contributed by atoms with Crippen molar-refractivity contribution >= 4 is 5.96 Å². The van der Waals surface area contributed by atoms with E-state index in [0.717, 1.165) is 5.56 Å². The molecule has 1 N–H and O–H groups in total. The molecule has 29 heavy (non-hydrogen) atoms. The van der Waals surface area contributed by atoms with E-state index in [1.165, 1.54) is 24.0 Å². The van der Waals surface area contributed by atoms with E-state index >= 15 is 0 Å². The zero-order valence-corrected chi connectivity index (χ0v) is 16.6. The van der Waals surface area contributed by atoms with Crippen LogP contribution in [0.4, 0.5) is 17.6 Å². The lowest BCUT2D eigenvalue weighted by Gasteiger charge is -2.39. The average molecular weight is 418 g/mol. The number of halogens is 4. The van der Waals surface area contributed by atoms with Gasteiger partial charge in [-0.3, -0.25) is 9.89 Å². The third-order valence-electron chi connectivity index (χ3n) is 5.28. The lowest BCUT2D eigenvalue weighted by Crippen LogP contribution is -2.56. The van der Waals surface area contributed by atoms with Crippen molar-refractivity contribution in [3.8, 4) is 5.75 Å². The lowest BCUT2D eigenvalue weighted by atomic mass is 10.1. The molecule has 2 heterocycles. The molecular weight excluding hydrogens is 392 g/mol. The van der Waals surface area contributed by atoms with E-state index in [1.54, 1.807) is 7.05 Å². The second-order valence-corrected chi connectivity index (χ2v) is 7.13. The summed E-state index contributed by atoms with van der Waals surface area (Å²) in [6, 6.07) is 1.40. The zero-order chi connectivity index (χ0) is 21.0. The largest absolute Gasteiger partial charge is 0.467 e. The summed E-state index contributed by atoms with van der Waals surface area (Å²) in [4.78, 5) is 7.60. The highest BCUT2D eigenvalue weighted by atomic mass is 19.4. The van der Waals surface area contributed by atoms with Crippen molar-refractivity contribution in [2.24, 2.45) is 4.99 Å². The van der Waals surface area contributed by atoms with Gasteiger partial charge in [0, 0.05) is 45.3 Å². The summed E-state index contributed by atoms with van der Waals surface area (Å²) in [5, 5.41) is 3.21. The molecule has 1 atom stereocenters. The fraction of sp³-hybridized carbons (Fsp3) is 0.632. The maximum atomic E-state index is 13.8. The first-order chi connectivity index (χ1) is 13.8. The Kier molecular flexibility index (Phi) is 6.84. The van der Waals surface area contributed by atoms with Gasteiger partial charge in [-0.05, 0) is 31.0 Å². The Labute approximate surface area is 167 Å². The Bertz CT molecular complexity index is 734. The van der Waals surface area contributed by atoms with Crippen LogP contribution < -0.4 is 10.1 Å². The first-order valence-corrected chi connectivity index (χ1v) is 9.58. The summed E-state index contributed by atoms with van der Waals surface area (Å²) in [5.41, 5.74) is 1.43. The van der Waals surface area contributed by atoms with Gasteiger partial charge in [-0.25, -0.2) is 4.39 Å². The van der Waals surface area contributed by atoms with Crippen LogP contribution in [0.15, 0.2) is 17.1 Å². The van der Waals surface area contributed by atoms with Crippen molar-refractivity contribution in [1.29, 1.82) is 0 Å². The fourth-order valence-electron chi connectivity index (χ4n) is 3.61. The molecule has 0 saturated carbocycles. The number of rotatable bonds is 4. The smallest absolute Gasteiger partial charge is 0.403 e. The number of piperazine rings is 1. The van der Waals surface area contributed by atoms with E-state index in [0.29, 0.717) is 63.0 Å². The molecule has 1 aromatic rings. The van der Waals surface area contributed by atoms with Crippen molar-refractivity contribution in [3.63, 3.8) is 0 Å². The average Bonchev–Trinajstić information content (AvgIpc) is 2.70. The SMILES string of the molecule is CN=C(NCCc1cc(F)cc2c1OCOC2)N1CCN(C(C)C(F)(F)F)CC1. The van der Waals surface area contributed by atoms with E-state index in [9.17, 15) is 17.6 Å². The summed E-state index contributed by atoms with van der Waals surface area (Å²) in [6.45, 7) is 3.67. The first kappa shape index (κ1) is 21.6. The molecule has 1 fully saturated rings. The predicted octanol–water partition coefficient (Wildman–Crippen LogP) is 2.38. The van der Waals surface area contributed by atoms with Crippen LogP contribution in [0.2, 0.25) is 0 Å². The third kappa shape index (κ3) is 5.30. The van der Waals surface area contributed by atoms with Gasteiger partial charge in [-0.1, -0.05) is 0 Å². The van der Waals surface area contributed by atoms with Crippen molar-refractivity contribution in [2.45, 2.75) is 32.2 Å². The highest BCUT2D eigenvalue weighted by Gasteiger charge is 2.41. The maximum Gasteiger partial charge on any atom is 0.403 e. The van der Waals surface area contributed by atoms with Crippen molar-refractivity contribution < 1.29 is 27.0 Å². The van der Waals surface area contributed by atoms with Crippen LogP contribution in [-0.2, 0) is 17.8 Å². The van der Waals surface area contributed by atoms with Crippen molar-refractivity contribution in [1.82, 2.24) is 15.1 Å². The summed E-state index contributed by atoms with van der Waals surface area (Å²) in [5.74, 6) is 0.940. The van der Waals surface area contributed by atoms with Gasteiger partial charge in [0.2, 0.25) is 0 Å². The molecule has 3 rings (SSSR count). The van der Waals surface area contributed by atoms with Gasteiger partial charge in [0.05, 0.1) is 6.61 Å². The van der Waals surface area contributed by atoms with E-state index in [-0.39, 0.29) is 12.6 Å². The highest BCUT2D eigenvalue weighted by molar-refractivity contribution is 5.80. The number of guanidine groups is 1. The van der Waals surface area contributed by atoms with Gasteiger partial charge in [0.15, 0.2) is 12.8 Å². The number of nitrogens with one attached hydrogen (secondary N) is 1. The Hall–Kier alpha value is -2.07. The number of ether oxygens (including phenoxy) is 2. The molecule has 0 radical (unpaired) electrons. The second-order valence-electron chi connectivity index (χ2n) is 7.13. The highest BCUT2D eigenvalue weighted by Crippen LogP contribution is 2.29. The second kappa shape index (κ2) is 9.17. The lowest BCUT2D eigenvalue weighted by molar-refractivity contribution is -0.181. The van der Waals surface area contributed by atoms with Crippen molar-refractivity contribution in [2.75, 3.05) is 46.6 Å². The van der Waals surface area contributed by atoms with Gasteiger partial charge < -0.3 is 19.7 Å². The Morgan fingerprint density at radius 1 is 1.24 bits per heavy atom. The predicted molar refractivity (Wildman–Crippen MR) is 100 cm³/mol. The first-order valence-electron chi connectivity index (χ1n) is 9.58. The van der Waals surface area contributed by atoms with Gasteiger partial charge in [0.25, 0.3) is 0 Å². The number of aliphatic imine (C=N–C) groups is 1. The summed E-state index contributed by atoms with van der Waals surface area (Å²) in [7, 11) is 1.64. The number of fused-ring (bicyclic) bond motifs is 1. The van der Waals surface area contributed by atoms with Gasteiger partial charge in [-0.2, -0.15) is 13.2 Å². The monoisotopic (exact) mass is 418 g/mol. The molecule has 2 aliphatic heterocycles. The molecule has 0 amide bonds. The summed E-state index contributed by atoms with van der Waals surface area (Å²) in [6.07, 6.45) is -3.70. The molecule has 2 aliphatic rings. The molecule has 6 nitrogen and oxygen atoms in total.